The molecular formula is C69H112O35. The molecule has 0 aromatic heterocycles. The summed E-state index contributed by atoms with van der Waals surface area (Å²) >= 11 is 0. The molecule has 35 heteroatoms. The van der Waals surface area contributed by atoms with Gasteiger partial charge in [-0.3, -0.25) is 4.79 Å². The molecule has 11 fully saturated rings. The number of hydrogen-bond donors (Lipinski definition) is 20. The Morgan fingerprint density at radius 1 is 0.462 bits per heavy atom. The molecule has 598 valence electrons. The summed E-state index contributed by atoms with van der Waals surface area (Å²) in [6.07, 6.45) is -51.6. The van der Waals surface area contributed by atoms with Gasteiger partial charge in [-0.25, -0.2) is 0 Å². The number of ether oxygens (including phenoxy) is 14. The Morgan fingerprint density at radius 3 is 1.60 bits per heavy atom. The number of allylic oxidation sites excluding steroid dienone is 2. The molecular weight excluding hydrogens is 1390 g/mol. The smallest absolute Gasteiger partial charge is 0.315 e. The number of rotatable bonds is 17. The van der Waals surface area contributed by atoms with E-state index in [-0.39, 0.29) is 30.1 Å². The van der Waals surface area contributed by atoms with Gasteiger partial charge in [0, 0.05) is 5.41 Å². The van der Waals surface area contributed by atoms with Gasteiger partial charge in [0.2, 0.25) is 6.29 Å². The molecule has 7 aliphatic heterocycles. The van der Waals surface area contributed by atoms with Crippen LogP contribution in [0.25, 0.3) is 0 Å². The maximum absolute atomic E-state index is 16.1. The molecule has 12 aliphatic rings. The summed E-state index contributed by atoms with van der Waals surface area (Å²) in [6.45, 7) is 12.0. The van der Waals surface area contributed by atoms with E-state index in [1.54, 1.807) is 6.92 Å². The quantitative estimate of drug-likeness (QED) is 0.0366. The fourth-order valence-electron chi connectivity index (χ4n) is 20.1. The molecule has 0 aromatic carbocycles. The second-order valence-electron chi connectivity index (χ2n) is 33.4. The average Bonchev–Trinajstić information content (AvgIpc) is 0.672. The maximum Gasteiger partial charge on any atom is 0.315 e. The summed E-state index contributed by atoms with van der Waals surface area (Å²) in [6, 6.07) is 0. The minimum absolute atomic E-state index is 0.146. The van der Waals surface area contributed by atoms with Crippen LogP contribution < -0.4 is 0 Å². The number of carbonyl (C=O) groups is 1. The average molecular weight is 1500 g/mol. The number of fused-ring (bicyclic) bond motifs is 7. The van der Waals surface area contributed by atoms with Gasteiger partial charge in [-0.15, -0.1) is 0 Å². The number of hydrogen-bond acceptors (Lipinski definition) is 35. The van der Waals surface area contributed by atoms with E-state index < -0.39 is 287 Å². The Hall–Kier alpha value is -2.11. The normalized spacial score (nSPS) is 55.6. The van der Waals surface area contributed by atoms with Crippen LogP contribution in [-0.2, 0) is 71.1 Å². The summed E-state index contributed by atoms with van der Waals surface area (Å²) in [5.41, 5.74) is -3.62. The molecule has 5 aliphatic carbocycles. The van der Waals surface area contributed by atoms with E-state index in [2.05, 4.69) is 40.7 Å². The number of esters is 1. The molecule has 35 nitrogen and oxygen atoms in total. The third kappa shape index (κ3) is 14.1. The molecule has 0 bridgehead atoms. The minimum Gasteiger partial charge on any atom is -0.432 e. The fourth-order valence-corrected chi connectivity index (χ4v) is 20.1. The highest BCUT2D eigenvalue weighted by atomic mass is 16.8. The number of aliphatic hydroxyl groups is 20. The first-order valence-corrected chi connectivity index (χ1v) is 36.6. The summed E-state index contributed by atoms with van der Waals surface area (Å²) in [5.74, 6) is -1.68. The lowest BCUT2D eigenvalue weighted by atomic mass is 9.33. The van der Waals surface area contributed by atoms with Gasteiger partial charge in [-0.05, 0) is 111 Å². The summed E-state index contributed by atoms with van der Waals surface area (Å²) in [4.78, 5) is 16.1. The first-order valence-electron chi connectivity index (χ1n) is 36.6. The fraction of sp³-hybridized carbons (Fsp3) is 0.957. The van der Waals surface area contributed by atoms with Crippen LogP contribution in [0.5, 0.6) is 0 Å². The minimum atomic E-state index is -2.10. The van der Waals surface area contributed by atoms with Gasteiger partial charge >= 0.3 is 5.97 Å². The highest BCUT2D eigenvalue weighted by Gasteiger charge is 2.72. The van der Waals surface area contributed by atoms with Crippen molar-refractivity contribution in [1.82, 2.24) is 0 Å². The summed E-state index contributed by atoms with van der Waals surface area (Å²) in [5, 5.41) is 220. The van der Waals surface area contributed by atoms with E-state index in [9.17, 15) is 102 Å². The van der Waals surface area contributed by atoms with Crippen molar-refractivity contribution < 1.29 is 173 Å². The second-order valence-corrected chi connectivity index (χ2v) is 33.4. The molecule has 20 N–H and O–H groups in total. The molecule has 0 spiro atoms. The zero-order valence-electron chi connectivity index (χ0n) is 59.6. The largest absolute Gasteiger partial charge is 0.432 e. The van der Waals surface area contributed by atoms with Crippen LogP contribution in [0, 0.1) is 50.2 Å². The van der Waals surface area contributed by atoms with Crippen molar-refractivity contribution in [3.8, 4) is 0 Å². The van der Waals surface area contributed by atoms with E-state index >= 15 is 4.79 Å². The van der Waals surface area contributed by atoms with Gasteiger partial charge in [0.05, 0.1) is 69.5 Å². The highest BCUT2D eigenvalue weighted by Crippen LogP contribution is 2.76. The third-order valence-corrected chi connectivity index (χ3v) is 26.6. The van der Waals surface area contributed by atoms with Crippen molar-refractivity contribution >= 4 is 5.97 Å². The monoisotopic (exact) mass is 1500 g/mol. The van der Waals surface area contributed by atoms with Crippen LogP contribution in [0.3, 0.4) is 0 Å². The Labute approximate surface area is 600 Å². The van der Waals surface area contributed by atoms with Crippen LogP contribution in [0.1, 0.15) is 113 Å². The van der Waals surface area contributed by atoms with Gasteiger partial charge in [-0.2, -0.15) is 0 Å². The van der Waals surface area contributed by atoms with E-state index in [1.165, 1.54) is 13.8 Å². The molecule has 0 aromatic rings. The molecule has 7 saturated heterocycles. The molecule has 4 saturated carbocycles. The molecule has 0 amide bonds. The number of carbonyl (C=O) groups excluding carboxylic acids is 1. The van der Waals surface area contributed by atoms with Crippen LogP contribution in [-0.4, -0.2) is 357 Å². The lowest BCUT2D eigenvalue weighted by molar-refractivity contribution is -0.397. The van der Waals surface area contributed by atoms with Crippen molar-refractivity contribution in [1.29, 1.82) is 0 Å². The third-order valence-electron chi connectivity index (χ3n) is 26.6. The molecule has 0 radical (unpaired) electrons. The Kier molecular flexibility index (Phi) is 24.1. The predicted molar refractivity (Wildman–Crippen MR) is 343 cm³/mol. The Bertz CT molecular complexity index is 2960. The predicted octanol–water partition coefficient (Wildman–Crippen LogP) is -6.65. The van der Waals surface area contributed by atoms with Crippen LogP contribution >= 0.6 is 0 Å². The topological polar surface area (TPSA) is 551 Å². The summed E-state index contributed by atoms with van der Waals surface area (Å²) in [7, 11) is 0. The second kappa shape index (κ2) is 30.8. The molecule has 104 heavy (non-hydrogen) atoms. The van der Waals surface area contributed by atoms with Crippen molar-refractivity contribution in [3.05, 3.63) is 11.6 Å². The SMILES string of the molecule is CC1OC(OC2C(O)C(OC3C(OC(=O)C45CCC(C)(C)CC4C4=CCC6C7(C)CC(O)C(OC8OC(COC9OC(CO)C(O)C(O)C9O)C(O)C(O)C8O)C(C)(CO)C7CCC6(C)C4(C)CC5)OCC(O)C3OC3OCC(O)C(O)C3O)OC(C)C2OC2OCC(O)C(O)C2O)C(O)C(O)C1O. The lowest BCUT2D eigenvalue weighted by Crippen LogP contribution is -2.69. The molecule has 42 atom stereocenters. The van der Waals surface area contributed by atoms with Crippen molar-refractivity contribution in [2.24, 2.45) is 50.2 Å². The first-order chi connectivity index (χ1) is 48.8. The van der Waals surface area contributed by atoms with Gasteiger partial charge in [-0.1, -0.05) is 53.2 Å². The van der Waals surface area contributed by atoms with Crippen molar-refractivity contribution in [3.63, 3.8) is 0 Å². The molecule has 42 unspecified atom stereocenters. The van der Waals surface area contributed by atoms with Gasteiger partial charge < -0.3 is 168 Å². The molecule has 7 heterocycles. The van der Waals surface area contributed by atoms with Crippen LogP contribution in [0.2, 0.25) is 0 Å². The first kappa shape index (κ1) is 81.4. The zero-order chi connectivity index (χ0) is 75.7. The van der Waals surface area contributed by atoms with E-state index in [0.29, 0.717) is 44.9 Å². The van der Waals surface area contributed by atoms with Crippen LogP contribution in [0.4, 0.5) is 0 Å². The Balaban J connectivity index is 0.811. The van der Waals surface area contributed by atoms with E-state index in [0.717, 1.165) is 5.57 Å². The van der Waals surface area contributed by atoms with Crippen molar-refractivity contribution in [2.75, 3.05) is 39.6 Å². The van der Waals surface area contributed by atoms with E-state index in [4.69, 9.17) is 66.3 Å². The molecule has 12 rings (SSSR count). The van der Waals surface area contributed by atoms with Crippen LogP contribution in [0.15, 0.2) is 11.6 Å². The van der Waals surface area contributed by atoms with Gasteiger partial charge in [0.25, 0.3) is 0 Å². The van der Waals surface area contributed by atoms with Gasteiger partial charge in [0.15, 0.2) is 43.8 Å². The standard InChI is InChI=1S/C69H112O35/c1-25-37(76)42(81)48(87)59(95-25)101-53-50(89)61(96-26(2)51(53)99-57-45(84)38(77)30(73)20-91-57)102-54-52(100-58-46(85)39(78)31(74)21-92-58)32(75)22-93-62(54)104-63(90)69-15-13-64(3,4)17-28(69)27-9-10-36-65(5)18-29(72)55(66(6,24-71)35(65)11-12-68(36,8)67(27,7)14-16-69)103-60-49(88)44(83)41(80)34(98-60)23-94-56-47(86)43(82)40(79)33(19-70)97-56/h9,25-26,28-62,70-89H,10-24H2,1-8H3. The maximum atomic E-state index is 16.1. The Morgan fingerprint density at radius 2 is 0.971 bits per heavy atom. The van der Waals surface area contributed by atoms with Gasteiger partial charge in [0.1, 0.15) is 134 Å². The highest BCUT2D eigenvalue weighted by molar-refractivity contribution is 5.79. The zero-order valence-corrected chi connectivity index (χ0v) is 59.6. The number of aliphatic hydroxyl groups excluding tert-OH is 20. The van der Waals surface area contributed by atoms with E-state index in [1.807, 2.05) is 0 Å². The summed E-state index contributed by atoms with van der Waals surface area (Å²) < 4.78 is 85.1. The van der Waals surface area contributed by atoms with Crippen molar-refractivity contribution in [2.45, 2.75) is 322 Å². The lowest BCUT2D eigenvalue weighted by Gasteiger charge is -2.72.